The van der Waals surface area contributed by atoms with Crippen molar-refractivity contribution in [3.8, 4) is 5.75 Å². The smallest absolute Gasteiger partial charge is 0.264 e. The molecule has 0 heterocycles. The SMILES string of the molecule is COc1cccc(CN(C(=O)CN(c2ccc(C(C)C)cc2)S(=O)(=O)c2ccc(C)cc2)[C@@H](Cc2ccccc2)C(=O)NC2CCCC2)c1. The lowest BCUT2D eigenvalue weighted by molar-refractivity contribution is -0.140. The van der Waals surface area contributed by atoms with Crippen molar-refractivity contribution >= 4 is 27.5 Å². The van der Waals surface area contributed by atoms with E-state index in [2.05, 4.69) is 19.2 Å². The van der Waals surface area contributed by atoms with Crippen molar-refractivity contribution in [2.24, 2.45) is 0 Å². The third-order valence-electron chi connectivity index (χ3n) is 9.20. The number of hydrogen-bond donors (Lipinski definition) is 1. The van der Waals surface area contributed by atoms with E-state index >= 15 is 0 Å². The molecule has 258 valence electrons. The molecule has 0 spiro atoms. The van der Waals surface area contributed by atoms with Gasteiger partial charge in [0.05, 0.1) is 17.7 Å². The number of sulfonamides is 1. The normalized spacial score (nSPS) is 14.0. The lowest BCUT2D eigenvalue weighted by Gasteiger charge is -2.34. The predicted molar refractivity (Wildman–Crippen MR) is 194 cm³/mol. The van der Waals surface area contributed by atoms with Crippen LogP contribution in [0, 0.1) is 6.92 Å². The molecule has 0 unspecified atom stereocenters. The van der Waals surface area contributed by atoms with E-state index in [1.54, 1.807) is 43.5 Å². The largest absolute Gasteiger partial charge is 0.497 e. The molecule has 1 atom stereocenters. The predicted octanol–water partition coefficient (Wildman–Crippen LogP) is 7.02. The number of methoxy groups -OCH3 is 1. The molecule has 4 aromatic rings. The van der Waals surface area contributed by atoms with Crippen LogP contribution < -0.4 is 14.4 Å². The Morgan fingerprint density at radius 3 is 2.14 bits per heavy atom. The average Bonchev–Trinajstić information content (AvgIpc) is 3.62. The second-order valence-electron chi connectivity index (χ2n) is 13.1. The van der Waals surface area contributed by atoms with Gasteiger partial charge in [-0.05, 0) is 78.8 Å². The van der Waals surface area contributed by atoms with Gasteiger partial charge in [-0.15, -0.1) is 0 Å². The summed E-state index contributed by atoms with van der Waals surface area (Å²) in [6.07, 6.45) is 4.14. The number of benzene rings is 4. The van der Waals surface area contributed by atoms with Gasteiger partial charge >= 0.3 is 0 Å². The van der Waals surface area contributed by atoms with E-state index in [0.29, 0.717) is 11.4 Å². The maximum atomic E-state index is 14.8. The summed E-state index contributed by atoms with van der Waals surface area (Å²) in [4.78, 5) is 30.6. The molecule has 0 saturated heterocycles. The zero-order chi connectivity index (χ0) is 35.0. The Hall–Kier alpha value is -4.63. The molecular weight excluding hydrogens is 635 g/mol. The second kappa shape index (κ2) is 16.2. The topological polar surface area (TPSA) is 96.0 Å². The van der Waals surface area contributed by atoms with Gasteiger partial charge in [0.1, 0.15) is 18.3 Å². The Labute approximate surface area is 291 Å². The number of anilines is 1. The van der Waals surface area contributed by atoms with E-state index in [0.717, 1.165) is 52.2 Å². The van der Waals surface area contributed by atoms with Crippen molar-refractivity contribution in [2.45, 2.75) is 82.3 Å². The van der Waals surface area contributed by atoms with Crippen molar-refractivity contribution in [1.82, 2.24) is 10.2 Å². The number of ether oxygens (including phenoxy) is 1. The van der Waals surface area contributed by atoms with Crippen LogP contribution in [0.15, 0.2) is 108 Å². The highest BCUT2D eigenvalue weighted by atomic mass is 32.2. The van der Waals surface area contributed by atoms with Crippen LogP contribution in [-0.2, 0) is 32.6 Å². The Morgan fingerprint density at radius 2 is 1.51 bits per heavy atom. The first-order valence-corrected chi connectivity index (χ1v) is 18.4. The summed E-state index contributed by atoms with van der Waals surface area (Å²) >= 11 is 0. The van der Waals surface area contributed by atoms with Gasteiger partial charge in [-0.2, -0.15) is 0 Å². The summed E-state index contributed by atoms with van der Waals surface area (Å²) in [5, 5.41) is 3.22. The van der Waals surface area contributed by atoms with Gasteiger partial charge in [0.25, 0.3) is 10.0 Å². The van der Waals surface area contributed by atoms with E-state index in [1.165, 1.54) is 4.90 Å². The quantitative estimate of drug-likeness (QED) is 0.154. The molecule has 0 aromatic heterocycles. The highest BCUT2D eigenvalue weighted by Crippen LogP contribution is 2.28. The molecule has 4 aromatic carbocycles. The third kappa shape index (κ3) is 9.09. The molecule has 1 N–H and O–H groups in total. The maximum Gasteiger partial charge on any atom is 0.264 e. The Bertz CT molecular complexity index is 1800. The number of carbonyl (C=O) groups excluding carboxylic acids is 2. The summed E-state index contributed by atoms with van der Waals surface area (Å²) in [7, 11) is -2.60. The zero-order valence-corrected chi connectivity index (χ0v) is 29.7. The van der Waals surface area contributed by atoms with Gasteiger partial charge in [0, 0.05) is 19.0 Å². The Balaban J connectivity index is 1.58. The summed E-state index contributed by atoms with van der Waals surface area (Å²) in [5.74, 6) is 0.122. The number of amides is 2. The van der Waals surface area contributed by atoms with Crippen LogP contribution >= 0.6 is 0 Å². The fraction of sp³-hybridized carbons (Fsp3) is 0.350. The summed E-state index contributed by atoms with van der Waals surface area (Å²) < 4.78 is 35.3. The van der Waals surface area contributed by atoms with Gasteiger partial charge < -0.3 is 15.0 Å². The lowest BCUT2D eigenvalue weighted by atomic mass is 10.0. The first-order valence-electron chi connectivity index (χ1n) is 17.0. The zero-order valence-electron chi connectivity index (χ0n) is 28.8. The van der Waals surface area contributed by atoms with E-state index in [1.807, 2.05) is 73.7 Å². The van der Waals surface area contributed by atoms with Crippen molar-refractivity contribution in [3.05, 3.63) is 125 Å². The lowest BCUT2D eigenvalue weighted by Crippen LogP contribution is -2.54. The van der Waals surface area contributed by atoms with Gasteiger partial charge in [-0.3, -0.25) is 13.9 Å². The molecule has 5 rings (SSSR count). The summed E-state index contributed by atoms with van der Waals surface area (Å²) in [6.45, 7) is 5.61. The van der Waals surface area contributed by atoms with E-state index in [-0.39, 0.29) is 35.7 Å². The van der Waals surface area contributed by atoms with Gasteiger partial charge in [0.2, 0.25) is 11.8 Å². The van der Waals surface area contributed by atoms with Crippen LogP contribution in [-0.4, -0.2) is 50.9 Å². The van der Waals surface area contributed by atoms with Crippen molar-refractivity contribution in [2.75, 3.05) is 18.0 Å². The molecule has 1 fully saturated rings. The number of nitrogens with zero attached hydrogens (tertiary/aromatic N) is 2. The summed E-state index contributed by atoms with van der Waals surface area (Å²) in [5.41, 5.74) is 3.99. The molecule has 9 heteroatoms. The monoisotopic (exact) mass is 681 g/mol. The maximum absolute atomic E-state index is 14.8. The molecule has 1 aliphatic carbocycles. The van der Waals surface area contributed by atoms with Crippen molar-refractivity contribution < 1.29 is 22.7 Å². The van der Waals surface area contributed by atoms with E-state index < -0.39 is 28.5 Å². The van der Waals surface area contributed by atoms with Crippen LogP contribution in [0.3, 0.4) is 0 Å². The molecule has 49 heavy (non-hydrogen) atoms. The fourth-order valence-electron chi connectivity index (χ4n) is 6.28. The van der Waals surface area contributed by atoms with Gasteiger partial charge in [-0.1, -0.05) is 99.0 Å². The van der Waals surface area contributed by atoms with E-state index in [4.69, 9.17) is 4.74 Å². The molecule has 1 saturated carbocycles. The highest BCUT2D eigenvalue weighted by molar-refractivity contribution is 7.92. The minimum atomic E-state index is -4.17. The molecular formula is C40H47N3O5S. The van der Waals surface area contributed by atoms with Crippen molar-refractivity contribution in [3.63, 3.8) is 0 Å². The van der Waals surface area contributed by atoms with Crippen LogP contribution in [0.4, 0.5) is 5.69 Å². The molecule has 0 bridgehead atoms. The first-order chi connectivity index (χ1) is 23.5. The van der Waals surface area contributed by atoms with Crippen LogP contribution in [0.5, 0.6) is 5.75 Å². The number of aryl methyl sites for hydroxylation is 1. The Kier molecular flexibility index (Phi) is 11.8. The third-order valence-corrected chi connectivity index (χ3v) is 11.0. The minimum Gasteiger partial charge on any atom is -0.497 e. The number of carbonyl (C=O) groups is 2. The van der Waals surface area contributed by atoms with Crippen LogP contribution in [0.2, 0.25) is 0 Å². The minimum absolute atomic E-state index is 0.0393. The number of hydrogen-bond acceptors (Lipinski definition) is 5. The van der Waals surface area contributed by atoms with Gasteiger partial charge in [0.15, 0.2) is 0 Å². The number of rotatable bonds is 14. The van der Waals surface area contributed by atoms with Crippen LogP contribution in [0.1, 0.15) is 67.7 Å². The van der Waals surface area contributed by atoms with Crippen molar-refractivity contribution in [1.29, 1.82) is 0 Å². The fourth-order valence-corrected chi connectivity index (χ4v) is 7.69. The van der Waals surface area contributed by atoms with Crippen LogP contribution in [0.25, 0.3) is 0 Å². The molecule has 2 amide bonds. The highest BCUT2D eigenvalue weighted by Gasteiger charge is 2.35. The molecule has 1 aliphatic rings. The summed E-state index contributed by atoms with van der Waals surface area (Å²) in [6, 6.07) is 30.0. The molecule has 0 aliphatic heterocycles. The molecule has 8 nitrogen and oxygen atoms in total. The molecule has 0 radical (unpaired) electrons. The first kappa shape index (κ1) is 35.7. The average molecular weight is 682 g/mol. The van der Waals surface area contributed by atoms with E-state index in [9.17, 15) is 18.0 Å². The number of nitrogens with one attached hydrogen (secondary N) is 1. The standard InChI is InChI=1S/C40H47N3O5S/c1-29(2)33-19-21-35(22-20-33)43(49(46,47)37-23-17-30(3)18-24-37)28-39(44)42(27-32-13-10-16-36(25-32)48-4)38(26-31-11-6-5-7-12-31)40(45)41-34-14-8-9-15-34/h5-7,10-13,16-25,29,34,38H,8-9,14-15,26-28H2,1-4H3,(H,41,45)/t38-/m0/s1. The second-order valence-corrected chi connectivity index (χ2v) is 15.0. The van der Waals surface area contributed by atoms with Gasteiger partial charge in [-0.25, -0.2) is 8.42 Å². The Morgan fingerprint density at radius 1 is 0.857 bits per heavy atom.